The van der Waals surface area contributed by atoms with Crippen LogP contribution in [0.1, 0.15) is 30.4 Å². The van der Waals surface area contributed by atoms with Crippen molar-refractivity contribution in [3.63, 3.8) is 0 Å². The van der Waals surface area contributed by atoms with Crippen molar-refractivity contribution >= 4 is 11.0 Å². The number of aromatic nitrogens is 3. The molecule has 4 nitrogen and oxygen atoms in total. The van der Waals surface area contributed by atoms with Crippen molar-refractivity contribution in [1.82, 2.24) is 14.5 Å². The van der Waals surface area contributed by atoms with Gasteiger partial charge in [-0.3, -0.25) is 0 Å². The van der Waals surface area contributed by atoms with Crippen molar-refractivity contribution in [2.24, 2.45) is 7.05 Å². The molecule has 4 heteroatoms. The molecule has 104 valence electrons. The van der Waals surface area contributed by atoms with E-state index in [1.807, 2.05) is 6.92 Å². The first kappa shape index (κ1) is 12.9. The smallest absolute Gasteiger partial charge is 0.226 e. The summed E-state index contributed by atoms with van der Waals surface area (Å²) in [5, 5.41) is 0. The van der Waals surface area contributed by atoms with E-state index in [0.717, 1.165) is 46.5 Å². The van der Waals surface area contributed by atoms with Crippen molar-refractivity contribution in [1.29, 1.82) is 0 Å². The Morgan fingerprint density at radius 2 is 2.00 bits per heavy atom. The van der Waals surface area contributed by atoms with Gasteiger partial charge >= 0.3 is 0 Å². The predicted octanol–water partition coefficient (Wildman–Crippen LogP) is 3.80. The highest BCUT2D eigenvalue weighted by atomic mass is 16.3. The van der Waals surface area contributed by atoms with E-state index in [0.29, 0.717) is 5.89 Å². The minimum atomic E-state index is 0.672. The predicted molar refractivity (Wildman–Crippen MR) is 79.7 cm³/mol. The van der Waals surface area contributed by atoms with Gasteiger partial charge in [-0.05, 0) is 38.0 Å². The zero-order valence-electron chi connectivity index (χ0n) is 12.4. The third-order valence-electron chi connectivity index (χ3n) is 3.61. The van der Waals surface area contributed by atoms with Crippen LogP contribution in [-0.2, 0) is 13.5 Å². The van der Waals surface area contributed by atoms with Gasteiger partial charge < -0.3 is 8.98 Å². The number of hydrogen-bond donors (Lipinski definition) is 0. The molecule has 0 unspecified atom stereocenters. The van der Waals surface area contributed by atoms with Crippen molar-refractivity contribution < 1.29 is 4.42 Å². The highest BCUT2D eigenvalue weighted by molar-refractivity contribution is 5.84. The highest BCUT2D eigenvalue weighted by Crippen LogP contribution is 2.27. The number of benzene rings is 1. The summed E-state index contributed by atoms with van der Waals surface area (Å²) in [4.78, 5) is 9.16. The molecule has 0 atom stereocenters. The zero-order chi connectivity index (χ0) is 14.3. The molecule has 1 aromatic carbocycles. The number of oxazole rings is 1. The first-order chi connectivity index (χ1) is 9.60. The molecule has 0 aliphatic heterocycles. The second-order valence-corrected chi connectivity index (χ2v) is 5.29. The highest BCUT2D eigenvalue weighted by Gasteiger charge is 2.13. The maximum absolute atomic E-state index is 5.51. The van der Waals surface area contributed by atoms with Gasteiger partial charge in [-0.15, -0.1) is 0 Å². The van der Waals surface area contributed by atoms with E-state index in [4.69, 9.17) is 9.40 Å². The van der Waals surface area contributed by atoms with Gasteiger partial charge in [-0.1, -0.05) is 6.92 Å². The van der Waals surface area contributed by atoms with Crippen LogP contribution in [0.2, 0.25) is 0 Å². The van der Waals surface area contributed by atoms with Crippen LogP contribution < -0.4 is 0 Å². The molecule has 0 radical (unpaired) electrons. The number of aryl methyl sites for hydroxylation is 4. The largest absolute Gasteiger partial charge is 0.444 e. The lowest BCUT2D eigenvalue weighted by Crippen LogP contribution is -1.96. The molecule has 0 aliphatic carbocycles. The normalized spacial score (nSPS) is 11.4. The van der Waals surface area contributed by atoms with E-state index in [-0.39, 0.29) is 0 Å². The summed E-state index contributed by atoms with van der Waals surface area (Å²) in [5.74, 6) is 1.80. The van der Waals surface area contributed by atoms with Gasteiger partial charge in [0.2, 0.25) is 5.89 Å². The molecule has 2 heterocycles. The summed E-state index contributed by atoms with van der Waals surface area (Å²) >= 11 is 0. The Morgan fingerprint density at radius 3 is 2.65 bits per heavy atom. The van der Waals surface area contributed by atoms with E-state index in [1.165, 1.54) is 0 Å². The third-order valence-corrected chi connectivity index (χ3v) is 3.61. The molecule has 0 bridgehead atoms. The van der Waals surface area contributed by atoms with Gasteiger partial charge in [0.25, 0.3) is 0 Å². The van der Waals surface area contributed by atoms with Crippen LogP contribution in [0, 0.1) is 13.8 Å². The first-order valence-electron chi connectivity index (χ1n) is 6.98. The monoisotopic (exact) mass is 269 g/mol. The van der Waals surface area contributed by atoms with Crippen LogP contribution >= 0.6 is 0 Å². The molecule has 20 heavy (non-hydrogen) atoms. The van der Waals surface area contributed by atoms with Crippen LogP contribution in [0.4, 0.5) is 0 Å². The topological polar surface area (TPSA) is 43.9 Å². The molecule has 0 aliphatic rings. The fraction of sp³-hybridized carbons (Fsp3) is 0.375. The Hall–Kier alpha value is -2.10. The minimum absolute atomic E-state index is 0.672. The lowest BCUT2D eigenvalue weighted by atomic mass is 10.1. The maximum Gasteiger partial charge on any atom is 0.226 e. The van der Waals surface area contributed by atoms with E-state index in [2.05, 4.69) is 42.6 Å². The second-order valence-electron chi connectivity index (χ2n) is 5.29. The van der Waals surface area contributed by atoms with Crippen molar-refractivity contribution in [2.45, 2.75) is 33.6 Å². The Morgan fingerprint density at radius 1 is 1.20 bits per heavy atom. The Balaban J connectivity index is 2.20. The van der Waals surface area contributed by atoms with Gasteiger partial charge in [0.15, 0.2) is 0 Å². The SMILES string of the molecule is CCCc1nc2c(C)cc(-c3nc(C)co3)cc2n1C. The Labute approximate surface area is 118 Å². The summed E-state index contributed by atoms with van der Waals surface area (Å²) in [6.45, 7) is 6.19. The van der Waals surface area contributed by atoms with Crippen molar-refractivity contribution in [2.75, 3.05) is 0 Å². The second kappa shape index (κ2) is 4.78. The van der Waals surface area contributed by atoms with E-state index < -0.39 is 0 Å². The Bertz CT molecular complexity index is 767. The molecule has 0 spiro atoms. The maximum atomic E-state index is 5.51. The van der Waals surface area contributed by atoms with Gasteiger partial charge in [0.1, 0.15) is 12.1 Å². The average molecular weight is 269 g/mol. The number of hydrogen-bond acceptors (Lipinski definition) is 3. The molecule has 0 saturated heterocycles. The summed E-state index contributed by atoms with van der Waals surface area (Å²) in [6, 6.07) is 4.20. The molecule has 3 rings (SSSR count). The van der Waals surface area contributed by atoms with Crippen LogP contribution in [0.25, 0.3) is 22.5 Å². The molecule has 0 amide bonds. The summed E-state index contributed by atoms with van der Waals surface area (Å²) in [7, 11) is 2.07. The summed E-state index contributed by atoms with van der Waals surface area (Å²) in [6.07, 6.45) is 3.78. The van der Waals surface area contributed by atoms with Gasteiger partial charge in [0.05, 0.1) is 16.7 Å². The molecule has 3 aromatic rings. The van der Waals surface area contributed by atoms with Crippen molar-refractivity contribution in [3.05, 3.63) is 35.5 Å². The summed E-state index contributed by atoms with van der Waals surface area (Å²) < 4.78 is 7.68. The lowest BCUT2D eigenvalue weighted by molar-refractivity contribution is 0.573. The Kier molecular flexibility index (Phi) is 3.08. The molecule has 2 aromatic heterocycles. The van der Waals surface area contributed by atoms with E-state index >= 15 is 0 Å². The van der Waals surface area contributed by atoms with Gasteiger partial charge in [0, 0.05) is 19.0 Å². The van der Waals surface area contributed by atoms with Crippen LogP contribution in [-0.4, -0.2) is 14.5 Å². The van der Waals surface area contributed by atoms with E-state index in [1.54, 1.807) is 6.26 Å². The van der Waals surface area contributed by atoms with E-state index in [9.17, 15) is 0 Å². The average Bonchev–Trinajstić information content (AvgIpc) is 2.97. The third kappa shape index (κ3) is 2.01. The van der Waals surface area contributed by atoms with Crippen LogP contribution in [0.15, 0.2) is 22.8 Å². The van der Waals surface area contributed by atoms with Gasteiger partial charge in [-0.2, -0.15) is 0 Å². The van der Waals surface area contributed by atoms with Crippen LogP contribution in [0.3, 0.4) is 0 Å². The number of fused-ring (bicyclic) bond motifs is 1. The van der Waals surface area contributed by atoms with Gasteiger partial charge in [-0.25, -0.2) is 9.97 Å². The standard InChI is InChI=1S/C16H19N3O/c1-5-6-14-18-15-10(2)7-12(8-13(15)19(14)4)16-17-11(3)9-20-16/h7-9H,5-6H2,1-4H3. The van der Waals surface area contributed by atoms with Crippen LogP contribution in [0.5, 0.6) is 0 Å². The quantitative estimate of drug-likeness (QED) is 0.726. The number of nitrogens with zero attached hydrogens (tertiary/aromatic N) is 3. The van der Waals surface area contributed by atoms with Crippen molar-refractivity contribution in [3.8, 4) is 11.5 Å². The molecular weight excluding hydrogens is 250 g/mol. The summed E-state index contributed by atoms with van der Waals surface area (Å²) in [5.41, 5.74) is 5.28. The zero-order valence-corrected chi connectivity index (χ0v) is 12.4. The molecule has 0 fully saturated rings. The fourth-order valence-corrected chi connectivity index (χ4v) is 2.56. The first-order valence-corrected chi connectivity index (χ1v) is 6.98. The molecule has 0 saturated carbocycles. The minimum Gasteiger partial charge on any atom is -0.444 e. The number of imidazole rings is 1. The molecule has 0 N–H and O–H groups in total. The molecular formula is C16H19N3O. The number of rotatable bonds is 3. The lowest BCUT2D eigenvalue weighted by Gasteiger charge is -2.02. The fourth-order valence-electron chi connectivity index (χ4n) is 2.56.